The van der Waals surface area contributed by atoms with Crippen molar-refractivity contribution in [2.75, 3.05) is 6.54 Å². The molecular weight excluding hydrogens is 244 g/mol. The SMILES string of the molecule is NCC(CC12CC3CC(CC(C3)C1)C2)c1ccccn1. The number of hydrogen-bond acceptors (Lipinski definition) is 2. The molecule has 1 unspecified atom stereocenters. The van der Waals surface area contributed by atoms with Gasteiger partial charge in [0.2, 0.25) is 0 Å². The van der Waals surface area contributed by atoms with E-state index in [1.165, 1.54) is 50.6 Å². The molecule has 0 aliphatic heterocycles. The van der Waals surface area contributed by atoms with Crippen LogP contribution in [0, 0.1) is 23.2 Å². The van der Waals surface area contributed by atoms with Gasteiger partial charge in [-0.05, 0) is 80.2 Å². The van der Waals surface area contributed by atoms with Crippen molar-refractivity contribution in [1.29, 1.82) is 0 Å². The number of pyridine rings is 1. The van der Waals surface area contributed by atoms with E-state index < -0.39 is 0 Å². The molecule has 20 heavy (non-hydrogen) atoms. The van der Waals surface area contributed by atoms with E-state index in [0.29, 0.717) is 11.3 Å². The van der Waals surface area contributed by atoms with E-state index in [0.717, 1.165) is 24.3 Å². The molecule has 4 saturated carbocycles. The molecule has 0 aromatic carbocycles. The average Bonchev–Trinajstić information content (AvgIpc) is 2.44. The zero-order valence-corrected chi connectivity index (χ0v) is 12.3. The van der Waals surface area contributed by atoms with Crippen molar-refractivity contribution in [2.45, 2.75) is 50.9 Å². The smallest absolute Gasteiger partial charge is 0.0447 e. The lowest BCUT2D eigenvalue weighted by atomic mass is 9.48. The summed E-state index contributed by atoms with van der Waals surface area (Å²) in [5, 5.41) is 0. The van der Waals surface area contributed by atoms with Gasteiger partial charge in [0, 0.05) is 24.4 Å². The fraction of sp³-hybridized carbons (Fsp3) is 0.722. The molecule has 4 fully saturated rings. The second-order valence-electron chi connectivity index (χ2n) is 7.81. The van der Waals surface area contributed by atoms with Crippen LogP contribution < -0.4 is 5.73 Å². The van der Waals surface area contributed by atoms with E-state index in [9.17, 15) is 0 Å². The Morgan fingerprint density at radius 2 is 1.75 bits per heavy atom. The predicted molar refractivity (Wildman–Crippen MR) is 81.3 cm³/mol. The van der Waals surface area contributed by atoms with Crippen LogP contribution in [0.5, 0.6) is 0 Å². The zero-order valence-electron chi connectivity index (χ0n) is 12.3. The first-order valence-corrected chi connectivity index (χ1v) is 8.37. The zero-order chi connectivity index (χ0) is 13.6. The highest BCUT2D eigenvalue weighted by Gasteiger charge is 2.51. The maximum Gasteiger partial charge on any atom is 0.0447 e. The first kappa shape index (κ1) is 12.8. The molecular formula is C18H26N2. The van der Waals surface area contributed by atoms with E-state index in [4.69, 9.17) is 5.73 Å². The summed E-state index contributed by atoms with van der Waals surface area (Å²) in [5.41, 5.74) is 7.92. The van der Waals surface area contributed by atoms with Gasteiger partial charge in [-0.1, -0.05) is 6.07 Å². The van der Waals surface area contributed by atoms with E-state index >= 15 is 0 Å². The Morgan fingerprint density at radius 3 is 2.25 bits per heavy atom. The molecule has 4 aliphatic rings. The minimum atomic E-state index is 0.465. The van der Waals surface area contributed by atoms with Gasteiger partial charge in [-0.3, -0.25) is 4.98 Å². The fourth-order valence-corrected chi connectivity index (χ4v) is 5.99. The highest BCUT2D eigenvalue weighted by molar-refractivity contribution is 5.12. The summed E-state index contributed by atoms with van der Waals surface area (Å²) in [4.78, 5) is 4.57. The Bertz CT molecular complexity index is 432. The molecule has 0 amide bonds. The van der Waals surface area contributed by atoms with Gasteiger partial charge in [-0.2, -0.15) is 0 Å². The van der Waals surface area contributed by atoms with E-state index in [1.54, 1.807) is 0 Å². The number of aromatic nitrogens is 1. The number of nitrogens with zero attached hydrogens (tertiary/aromatic N) is 1. The van der Waals surface area contributed by atoms with Crippen LogP contribution in [0.4, 0.5) is 0 Å². The van der Waals surface area contributed by atoms with Crippen LogP contribution in [0.1, 0.15) is 56.6 Å². The molecule has 2 N–H and O–H groups in total. The summed E-state index contributed by atoms with van der Waals surface area (Å²) >= 11 is 0. The van der Waals surface area contributed by atoms with Crippen LogP contribution in [-0.2, 0) is 0 Å². The van der Waals surface area contributed by atoms with Crippen molar-refractivity contribution in [3.8, 4) is 0 Å². The second kappa shape index (κ2) is 4.84. The first-order valence-electron chi connectivity index (χ1n) is 8.37. The number of nitrogens with two attached hydrogens (primary N) is 1. The fourth-order valence-electron chi connectivity index (χ4n) is 5.99. The average molecular weight is 270 g/mol. The van der Waals surface area contributed by atoms with Gasteiger partial charge in [-0.15, -0.1) is 0 Å². The quantitative estimate of drug-likeness (QED) is 0.905. The van der Waals surface area contributed by atoms with Crippen molar-refractivity contribution < 1.29 is 0 Å². The van der Waals surface area contributed by atoms with Crippen molar-refractivity contribution in [1.82, 2.24) is 4.98 Å². The molecule has 1 atom stereocenters. The van der Waals surface area contributed by atoms with Crippen molar-refractivity contribution >= 4 is 0 Å². The molecule has 2 nitrogen and oxygen atoms in total. The molecule has 4 aliphatic carbocycles. The maximum absolute atomic E-state index is 6.09. The van der Waals surface area contributed by atoms with Gasteiger partial charge >= 0.3 is 0 Å². The molecule has 0 radical (unpaired) electrons. The van der Waals surface area contributed by atoms with Crippen LogP contribution in [0.3, 0.4) is 0 Å². The Balaban J connectivity index is 1.55. The molecule has 5 rings (SSSR count). The van der Waals surface area contributed by atoms with Crippen molar-refractivity contribution in [3.05, 3.63) is 30.1 Å². The Labute approximate surface area is 122 Å². The van der Waals surface area contributed by atoms with Gasteiger partial charge in [0.15, 0.2) is 0 Å². The Hall–Kier alpha value is -0.890. The molecule has 1 heterocycles. The highest BCUT2D eigenvalue weighted by atomic mass is 14.7. The maximum atomic E-state index is 6.09. The standard InChI is InChI=1S/C18H26N2/c19-12-16(17-3-1-2-4-20-17)11-18-8-13-5-14(9-18)7-15(6-13)10-18/h1-4,13-16H,5-12,19H2. The van der Waals surface area contributed by atoms with Crippen LogP contribution >= 0.6 is 0 Å². The Kier molecular flexibility index (Phi) is 3.10. The summed E-state index contributed by atoms with van der Waals surface area (Å²) in [6, 6.07) is 6.27. The van der Waals surface area contributed by atoms with Gasteiger partial charge in [0.25, 0.3) is 0 Å². The lowest BCUT2D eigenvalue weighted by Crippen LogP contribution is -2.47. The second-order valence-corrected chi connectivity index (χ2v) is 7.81. The largest absolute Gasteiger partial charge is 0.330 e. The van der Waals surface area contributed by atoms with Crippen LogP contribution in [0.15, 0.2) is 24.4 Å². The number of hydrogen-bond donors (Lipinski definition) is 1. The summed E-state index contributed by atoms with van der Waals surface area (Å²) in [7, 11) is 0. The monoisotopic (exact) mass is 270 g/mol. The summed E-state index contributed by atoms with van der Waals surface area (Å²) in [6.07, 6.45) is 12.2. The molecule has 2 heteroatoms. The lowest BCUT2D eigenvalue weighted by molar-refractivity contribution is -0.0605. The van der Waals surface area contributed by atoms with Gasteiger partial charge in [-0.25, -0.2) is 0 Å². The molecule has 1 aromatic heterocycles. The van der Waals surface area contributed by atoms with Crippen LogP contribution in [-0.4, -0.2) is 11.5 Å². The third-order valence-corrected chi connectivity index (χ3v) is 6.24. The van der Waals surface area contributed by atoms with Crippen molar-refractivity contribution in [3.63, 3.8) is 0 Å². The summed E-state index contributed by atoms with van der Waals surface area (Å²) < 4.78 is 0. The van der Waals surface area contributed by atoms with Gasteiger partial charge in [0.05, 0.1) is 0 Å². The van der Waals surface area contributed by atoms with E-state index in [2.05, 4.69) is 17.1 Å². The van der Waals surface area contributed by atoms with E-state index in [1.807, 2.05) is 12.3 Å². The minimum absolute atomic E-state index is 0.465. The molecule has 0 saturated heterocycles. The van der Waals surface area contributed by atoms with Crippen LogP contribution in [0.2, 0.25) is 0 Å². The minimum Gasteiger partial charge on any atom is -0.330 e. The highest BCUT2D eigenvalue weighted by Crippen LogP contribution is 2.62. The molecule has 1 aromatic rings. The molecule has 0 spiro atoms. The Morgan fingerprint density at radius 1 is 1.10 bits per heavy atom. The third kappa shape index (κ3) is 2.18. The third-order valence-electron chi connectivity index (χ3n) is 6.24. The lowest BCUT2D eigenvalue weighted by Gasteiger charge is -2.57. The molecule has 108 valence electrons. The van der Waals surface area contributed by atoms with Gasteiger partial charge < -0.3 is 5.73 Å². The van der Waals surface area contributed by atoms with Crippen molar-refractivity contribution in [2.24, 2.45) is 28.9 Å². The summed E-state index contributed by atoms with van der Waals surface area (Å²) in [5.74, 6) is 3.56. The topological polar surface area (TPSA) is 38.9 Å². The molecule has 4 bridgehead atoms. The number of rotatable bonds is 4. The van der Waals surface area contributed by atoms with E-state index in [-0.39, 0.29) is 0 Å². The summed E-state index contributed by atoms with van der Waals surface area (Å²) in [6.45, 7) is 0.749. The normalized spacial score (nSPS) is 40.0. The predicted octanol–water partition coefficient (Wildman–Crippen LogP) is 3.73. The first-order chi connectivity index (χ1) is 9.76. The van der Waals surface area contributed by atoms with Gasteiger partial charge in [0.1, 0.15) is 0 Å². The van der Waals surface area contributed by atoms with Crippen LogP contribution in [0.25, 0.3) is 0 Å².